The van der Waals surface area contributed by atoms with Crippen LogP contribution in [0.5, 0.6) is 11.5 Å². The third-order valence-electron chi connectivity index (χ3n) is 5.01. The number of anilines is 1. The van der Waals surface area contributed by atoms with E-state index in [1.807, 2.05) is 32.0 Å². The van der Waals surface area contributed by atoms with Crippen molar-refractivity contribution in [2.24, 2.45) is 0 Å². The van der Waals surface area contributed by atoms with E-state index in [0.717, 1.165) is 11.1 Å². The van der Waals surface area contributed by atoms with E-state index < -0.39 is 15.8 Å². The van der Waals surface area contributed by atoms with Crippen LogP contribution in [0.15, 0.2) is 63.6 Å². The van der Waals surface area contributed by atoms with Crippen LogP contribution in [-0.4, -0.2) is 25.5 Å². The van der Waals surface area contributed by atoms with E-state index in [9.17, 15) is 25.0 Å². The molecule has 13 heteroatoms. The van der Waals surface area contributed by atoms with Gasteiger partial charge >= 0.3 is 5.82 Å². The maximum absolute atomic E-state index is 12.7. The highest BCUT2D eigenvalue weighted by molar-refractivity contribution is 9.10. The average Bonchev–Trinajstić information content (AvgIpc) is 3.42. The van der Waals surface area contributed by atoms with E-state index >= 15 is 0 Å². The van der Waals surface area contributed by atoms with Crippen LogP contribution in [0.3, 0.4) is 0 Å². The summed E-state index contributed by atoms with van der Waals surface area (Å²) in [6.07, 6.45) is 1.42. The van der Waals surface area contributed by atoms with E-state index in [2.05, 4.69) is 26.3 Å². The second-order valence-electron chi connectivity index (χ2n) is 7.82. The SMILES string of the molecule is Cc1ccc(C)c(Oc2cc(NC(=O)c3ccc(Cn4cc(Br)c([N+](=O)[O-])n4)o3)cc([N+](=O)[O-])c2)c1. The first-order valence-corrected chi connectivity index (χ1v) is 11.2. The highest BCUT2D eigenvalue weighted by Crippen LogP contribution is 2.32. The van der Waals surface area contributed by atoms with E-state index in [4.69, 9.17) is 9.15 Å². The molecule has 2 aromatic carbocycles. The molecule has 0 atom stereocenters. The first-order valence-electron chi connectivity index (χ1n) is 10.4. The summed E-state index contributed by atoms with van der Waals surface area (Å²) < 4.78 is 12.9. The molecule has 4 rings (SSSR count). The average molecular weight is 556 g/mol. The van der Waals surface area contributed by atoms with Crippen LogP contribution in [-0.2, 0) is 6.54 Å². The fraction of sp³-hybridized carbons (Fsp3) is 0.130. The lowest BCUT2D eigenvalue weighted by molar-refractivity contribution is -0.390. The Balaban J connectivity index is 1.52. The van der Waals surface area contributed by atoms with Gasteiger partial charge in [0.15, 0.2) is 5.76 Å². The number of nitrogens with one attached hydrogen (secondary N) is 1. The summed E-state index contributed by atoms with van der Waals surface area (Å²) in [5, 5.41) is 28.8. The van der Waals surface area contributed by atoms with Gasteiger partial charge in [-0.15, -0.1) is 0 Å². The normalized spacial score (nSPS) is 10.8. The summed E-state index contributed by atoms with van der Waals surface area (Å²) in [6.45, 7) is 3.79. The number of aryl methyl sites for hydroxylation is 2. The van der Waals surface area contributed by atoms with Gasteiger partial charge in [0, 0.05) is 12.1 Å². The van der Waals surface area contributed by atoms with Gasteiger partial charge in [0.1, 0.15) is 28.3 Å². The molecular weight excluding hydrogens is 538 g/mol. The monoisotopic (exact) mass is 555 g/mol. The number of nitro groups is 2. The van der Waals surface area contributed by atoms with Crippen molar-refractivity contribution in [1.29, 1.82) is 0 Å². The number of carbonyl (C=O) groups is 1. The van der Waals surface area contributed by atoms with E-state index in [0.29, 0.717) is 11.5 Å². The van der Waals surface area contributed by atoms with Gasteiger partial charge in [-0.2, -0.15) is 4.68 Å². The van der Waals surface area contributed by atoms with E-state index in [-0.39, 0.29) is 39.7 Å². The number of amides is 1. The molecule has 4 aromatic rings. The van der Waals surface area contributed by atoms with Crippen molar-refractivity contribution in [3.8, 4) is 11.5 Å². The van der Waals surface area contributed by atoms with Gasteiger partial charge in [-0.1, -0.05) is 12.1 Å². The molecule has 0 aliphatic carbocycles. The number of hydrogen-bond donors (Lipinski definition) is 1. The molecule has 2 heterocycles. The van der Waals surface area contributed by atoms with Crippen LogP contribution in [0.1, 0.15) is 27.4 Å². The summed E-state index contributed by atoms with van der Waals surface area (Å²) in [6, 6.07) is 12.5. The summed E-state index contributed by atoms with van der Waals surface area (Å²) in [5.74, 6) is -0.0125. The molecule has 2 aromatic heterocycles. The molecule has 0 fully saturated rings. The molecule has 0 bridgehead atoms. The number of non-ortho nitro benzene ring substituents is 1. The number of aromatic nitrogens is 2. The molecule has 0 saturated heterocycles. The van der Waals surface area contributed by atoms with Crippen molar-refractivity contribution < 1.29 is 23.8 Å². The Hall–Kier alpha value is -4.52. The molecule has 0 spiro atoms. The Labute approximate surface area is 211 Å². The van der Waals surface area contributed by atoms with Crippen LogP contribution >= 0.6 is 15.9 Å². The standard InChI is InChI=1S/C23H18BrN5O7/c1-13-3-4-14(2)21(7-13)36-18-9-15(8-16(10-18)28(31)32)25-23(30)20-6-5-17(35-20)11-27-12-19(24)22(26-27)29(33)34/h3-10,12H,11H2,1-2H3,(H,25,30). The lowest BCUT2D eigenvalue weighted by Crippen LogP contribution is -2.11. The molecule has 0 aliphatic heterocycles. The van der Waals surface area contributed by atoms with E-state index in [1.54, 1.807) is 0 Å². The summed E-state index contributed by atoms with van der Waals surface area (Å²) in [7, 11) is 0. The predicted octanol–water partition coefficient (Wildman–Crippen LogP) is 5.76. The zero-order valence-electron chi connectivity index (χ0n) is 18.9. The maximum Gasteiger partial charge on any atom is 0.404 e. The highest BCUT2D eigenvalue weighted by atomic mass is 79.9. The third kappa shape index (κ3) is 5.58. The summed E-state index contributed by atoms with van der Waals surface area (Å²) >= 11 is 3.07. The topological polar surface area (TPSA) is 156 Å². The van der Waals surface area contributed by atoms with Crippen LogP contribution in [0.2, 0.25) is 0 Å². The molecule has 0 saturated carbocycles. The first kappa shape index (κ1) is 24.6. The van der Waals surface area contributed by atoms with Crippen molar-refractivity contribution in [2.75, 3.05) is 5.32 Å². The zero-order chi connectivity index (χ0) is 26.0. The number of nitrogens with zero attached hydrogens (tertiary/aromatic N) is 4. The zero-order valence-corrected chi connectivity index (χ0v) is 20.5. The Morgan fingerprint density at radius 2 is 1.89 bits per heavy atom. The van der Waals surface area contributed by atoms with Crippen LogP contribution in [0.25, 0.3) is 0 Å². The minimum absolute atomic E-state index is 0.0460. The number of halogens is 1. The van der Waals surface area contributed by atoms with Gasteiger partial charge in [0.2, 0.25) is 0 Å². The largest absolute Gasteiger partial charge is 0.457 e. The first-order chi connectivity index (χ1) is 17.1. The molecule has 1 amide bonds. The van der Waals surface area contributed by atoms with Gasteiger partial charge < -0.3 is 24.6 Å². The van der Waals surface area contributed by atoms with E-state index in [1.165, 1.54) is 41.2 Å². The second-order valence-corrected chi connectivity index (χ2v) is 8.67. The predicted molar refractivity (Wildman–Crippen MR) is 131 cm³/mol. The number of benzene rings is 2. The maximum atomic E-state index is 12.7. The lowest BCUT2D eigenvalue weighted by Gasteiger charge is -2.11. The van der Waals surface area contributed by atoms with Crippen LogP contribution in [0.4, 0.5) is 17.2 Å². The molecule has 0 radical (unpaired) electrons. The van der Waals surface area contributed by atoms with Crippen molar-refractivity contribution in [1.82, 2.24) is 9.78 Å². The fourth-order valence-electron chi connectivity index (χ4n) is 3.29. The summed E-state index contributed by atoms with van der Waals surface area (Å²) in [4.78, 5) is 33.9. The van der Waals surface area contributed by atoms with Crippen molar-refractivity contribution in [3.63, 3.8) is 0 Å². The highest BCUT2D eigenvalue weighted by Gasteiger charge is 2.21. The quantitative estimate of drug-likeness (QED) is 0.212. The van der Waals surface area contributed by atoms with Gasteiger partial charge in [-0.25, -0.2) is 0 Å². The number of hydrogen-bond acceptors (Lipinski definition) is 8. The molecule has 184 valence electrons. The fourth-order valence-corrected chi connectivity index (χ4v) is 3.75. The molecule has 1 N–H and O–H groups in total. The Kier molecular flexibility index (Phi) is 6.83. The Bertz CT molecular complexity index is 1490. The molecule has 36 heavy (non-hydrogen) atoms. The number of ether oxygens (including phenoxy) is 1. The molecule has 0 aliphatic rings. The van der Waals surface area contributed by atoms with Gasteiger partial charge in [0.05, 0.1) is 28.0 Å². The summed E-state index contributed by atoms with van der Waals surface area (Å²) in [5.41, 5.74) is 1.67. The van der Waals surface area contributed by atoms with Gasteiger partial charge in [-0.05, 0) is 64.0 Å². The molecule has 0 unspecified atom stereocenters. The molecule has 12 nitrogen and oxygen atoms in total. The Morgan fingerprint density at radius 3 is 2.58 bits per heavy atom. The second kappa shape index (κ2) is 10.00. The number of furan rings is 1. The number of nitro benzene ring substituents is 1. The van der Waals surface area contributed by atoms with Gasteiger partial charge in [-0.3, -0.25) is 14.9 Å². The third-order valence-corrected chi connectivity index (χ3v) is 5.57. The number of carbonyl (C=O) groups excluding carboxylic acids is 1. The van der Waals surface area contributed by atoms with Crippen molar-refractivity contribution in [2.45, 2.75) is 20.4 Å². The van der Waals surface area contributed by atoms with Crippen LogP contribution in [0, 0.1) is 34.1 Å². The minimum atomic E-state index is -0.646. The number of rotatable bonds is 8. The van der Waals surface area contributed by atoms with Crippen molar-refractivity contribution >= 4 is 39.0 Å². The lowest BCUT2D eigenvalue weighted by atomic mass is 10.1. The van der Waals surface area contributed by atoms with Gasteiger partial charge in [0.25, 0.3) is 11.6 Å². The van der Waals surface area contributed by atoms with Crippen molar-refractivity contribution in [3.05, 3.63) is 102 Å². The minimum Gasteiger partial charge on any atom is -0.457 e. The smallest absolute Gasteiger partial charge is 0.404 e. The Morgan fingerprint density at radius 1 is 1.11 bits per heavy atom. The van der Waals surface area contributed by atoms with Crippen LogP contribution < -0.4 is 10.1 Å². The molecular formula is C23H18BrN5O7.